The van der Waals surface area contributed by atoms with Crippen molar-refractivity contribution in [2.45, 2.75) is 19.2 Å². The van der Waals surface area contributed by atoms with E-state index in [2.05, 4.69) is 15.9 Å². The molecule has 0 unspecified atom stereocenters. The summed E-state index contributed by atoms with van der Waals surface area (Å²) in [5.41, 5.74) is 0.552. The van der Waals surface area contributed by atoms with E-state index in [1.54, 1.807) is 0 Å². The summed E-state index contributed by atoms with van der Waals surface area (Å²) in [6.07, 6.45) is 0. The molecule has 0 bridgehead atoms. The molecule has 0 spiro atoms. The number of carboxylic acid groups (broad SMARTS) is 2. The zero-order valence-electron chi connectivity index (χ0n) is 9.03. The third kappa shape index (κ3) is 3.66. The number of benzene rings is 1. The SMILES string of the molecule is CC.O=C(O)c1ccc(CBr)c(C(=O)O)c1. The second kappa shape index (κ2) is 7.00. The standard InChI is InChI=1S/C9H7BrO4.C2H6/c10-4-6-2-1-5(8(11)12)3-7(6)9(13)14;1-2/h1-3H,4H2,(H,11,12)(H,13,14);1-2H3. The van der Waals surface area contributed by atoms with Crippen LogP contribution in [0.2, 0.25) is 0 Å². The van der Waals surface area contributed by atoms with Crippen LogP contribution in [0.4, 0.5) is 0 Å². The molecule has 0 radical (unpaired) electrons. The van der Waals surface area contributed by atoms with Gasteiger partial charge < -0.3 is 10.2 Å². The van der Waals surface area contributed by atoms with Crippen LogP contribution in [0.15, 0.2) is 18.2 Å². The molecule has 1 aromatic carbocycles. The minimum absolute atomic E-state index is 0.0155. The van der Waals surface area contributed by atoms with Crippen LogP contribution in [0.3, 0.4) is 0 Å². The van der Waals surface area contributed by atoms with Gasteiger partial charge in [0.1, 0.15) is 0 Å². The average molecular weight is 289 g/mol. The molecule has 4 nitrogen and oxygen atoms in total. The molecule has 1 rings (SSSR count). The highest BCUT2D eigenvalue weighted by atomic mass is 79.9. The molecule has 0 aliphatic heterocycles. The van der Waals surface area contributed by atoms with Crippen LogP contribution in [0, 0.1) is 0 Å². The van der Waals surface area contributed by atoms with E-state index < -0.39 is 11.9 Å². The van der Waals surface area contributed by atoms with Crippen molar-refractivity contribution >= 4 is 27.9 Å². The summed E-state index contributed by atoms with van der Waals surface area (Å²) in [5.74, 6) is -2.25. The van der Waals surface area contributed by atoms with Gasteiger partial charge in [-0.05, 0) is 17.7 Å². The first-order chi connectivity index (χ1) is 7.56. The number of hydrogen-bond donors (Lipinski definition) is 2. The molecule has 88 valence electrons. The fourth-order valence-corrected chi connectivity index (χ4v) is 1.51. The van der Waals surface area contributed by atoms with Gasteiger partial charge in [-0.25, -0.2) is 9.59 Å². The lowest BCUT2D eigenvalue weighted by atomic mass is 10.1. The molecule has 1 aromatic rings. The Morgan fingerprint density at radius 3 is 2.12 bits per heavy atom. The number of rotatable bonds is 3. The summed E-state index contributed by atoms with van der Waals surface area (Å²) in [6, 6.07) is 4.02. The molecule has 0 aliphatic rings. The van der Waals surface area contributed by atoms with E-state index in [9.17, 15) is 9.59 Å². The summed E-state index contributed by atoms with van der Waals surface area (Å²) in [4.78, 5) is 21.3. The molecule has 0 amide bonds. The van der Waals surface area contributed by atoms with E-state index in [1.807, 2.05) is 13.8 Å². The summed E-state index contributed by atoms with van der Waals surface area (Å²) in [5, 5.41) is 17.8. The van der Waals surface area contributed by atoms with E-state index in [-0.39, 0.29) is 11.1 Å². The second-order valence-corrected chi connectivity index (χ2v) is 3.18. The normalized spacial score (nSPS) is 8.94. The van der Waals surface area contributed by atoms with Crippen molar-refractivity contribution in [3.8, 4) is 0 Å². The quantitative estimate of drug-likeness (QED) is 0.839. The van der Waals surface area contributed by atoms with Gasteiger partial charge in [0.25, 0.3) is 0 Å². The van der Waals surface area contributed by atoms with E-state index in [0.29, 0.717) is 10.9 Å². The molecule has 5 heteroatoms. The molecule has 0 saturated heterocycles. The third-order valence-electron chi connectivity index (χ3n) is 1.73. The van der Waals surface area contributed by atoms with Gasteiger partial charge in [-0.3, -0.25) is 0 Å². The molecule has 0 aromatic heterocycles. The van der Waals surface area contributed by atoms with E-state index >= 15 is 0 Å². The van der Waals surface area contributed by atoms with E-state index in [1.165, 1.54) is 12.1 Å². The zero-order valence-corrected chi connectivity index (χ0v) is 10.6. The molecule has 0 aliphatic carbocycles. The highest BCUT2D eigenvalue weighted by Gasteiger charge is 2.12. The van der Waals surface area contributed by atoms with Crippen LogP contribution >= 0.6 is 15.9 Å². The first kappa shape index (κ1) is 14.6. The van der Waals surface area contributed by atoms with Crippen molar-refractivity contribution < 1.29 is 19.8 Å². The van der Waals surface area contributed by atoms with Crippen LogP contribution in [0.5, 0.6) is 0 Å². The van der Waals surface area contributed by atoms with Gasteiger partial charge in [0.05, 0.1) is 11.1 Å². The van der Waals surface area contributed by atoms with Crippen LogP contribution in [0.25, 0.3) is 0 Å². The minimum atomic E-state index is -1.13. The average Bonchev–Trinajstić information content (AvgIpc) is 2.30. The van der Waals surface area contributed by atoms with E-state index in [4.69, 9.17) is 10.2 Å². The Hall–Kier alpha value is -1.36. The number of carbonyl (C=O) groups is 2. The zero-order chi connectivity index (χ0) is 12.7. The monoisotopic (exact) mass is 288 g/mol. The molecule has 0 fully saturated rings. The van der Waals surface area contributed by atoms with Crippen LogP contribution in [-0.2, 0) is 5.33 Å². The van der Waals surface area contributed by atoms with Gasteiger partial charge in [-0.2, -0.15) is 0 Å². The van der Waals surface area contributed by atoms with Gasteiger partial charge in [-0.1, -0.05) is 35.8 Å². The maximum Gasteiger partial charge on any atom is 0.336 e. The minimum Gasteiger partial charge on any atom is -0.478 e. The molecule has 0 atom stereocenters. The lowest BCUT2D eigenvalue weighted by Gasteiger charge is -2.03. The van der Waals surface area contributed by atoms with E-state index in [0.717, 1.165) is 6.07 Å². The summed E-state index contributed by atoms with van der Waals surface area (Å²) in [7, 11) is 0. The van der Waals surface area contributed by atoms with Crippen molar-refractivity contribution in [3.05, 3.63) is 34.9 Å². The molecular weight excluding hydrogens is 276 g/mol. The number of alkyl halides is 1. The van der Waals surface area contributed by atoms with Crippen LogP contribution < -0.4 is 0 Å². The number of carboxylic acids is 2. The summed E-state index contributed by atoms with van der Waals surface area (Å²) < 4.78 is 0. The maximum absolute atomic E-state index is 10.7. The maximum atomic E-state index is 10.7. The van der Waals surface area contributed by atoms with Gasteiger partial charge >= 0.3 is 11.9 Å². The predicted molar refractivity (Wildman–Crippen MR) is 64.3 cm³/mol. The second-order valence-electron chi connectivity index (χ2n) is 2.62. The fraction of sp³-hybridized carbons (Fsp3) is 0.273. The Labute approximate surface area is 102 Å². The topological polar surface area (TPSA) is 74.6 Å². The first-order valence-electron chi connectivity index (χ1n) is 4.71. The number of halogens is 1. The Morgan fingerprint density at radius 1 is 1.19 bits per heavy atom. The first-order valence-corrected chi connectivity index (χ1v) is 5.84. The summed E-state index contributed by atoms with van der Waals surface area (Å²) >= 11 is 3.13. The van der Waals surface area contributed by atoms with Crippen LogP contribution in [0.1, 0.15) is 40.1 Å². The van der Waals surface area contributed by atoms with Crippen molar-refractivity contribution in [1.82, 2.24) is 0 Å². The molecule has 2 N–H and O–H groups in total. The highest BCUT2D eigenvalue weighted by molar-refractivity contribution is 9.08. The van der Waals surface area contributed by atoms with Crippen LogP contribution in [-0.4, -0.2) is 22.2 Å². The molecule has 0 saturated carbocycles. The predicted octanol–water partition coefficient (Wildman–Crippen LogP) is 3.00. The third-order valence-corrected chi connectivity index (χ3v) is 2.34. The van der Waals surface area contributed by atoms with Crippen molar-refractivity contribution in [3.63, 3.8) is 0 Å². The van der Waals surface area contributed by atoms with Gasteiger partial charge in [0.2, 0.25) is 0 Å². The Balaban J connectivity index is 0.00000106. The Kier molecular flexibility index (Phi) is 6.41. The largest absolute Gasteiger partial charge is 0.478 e. The lowest BCUT2D eigenvalue weighted by molar-refractivity contribution is 0.0695. The Morgan fingerprint density at radius 2 is 1.75 bits per heavy atom. The van der Waals surface area contributed by atoms with Crippen molar-refractivity contribution in [2.75, 3.05) is 0 Å². The molecular formula is C11H13BrO4. The number of hydrogen-bond acceptors (Lipinski definition) is 2. The molecule has 16 heavy (non-hydrogen) atoms. The lowest BCUT2D eigenvalue weighted by Crippen LogP contribution is -2.05. The highest BCUT2D eigenvalue weighted by Crippen LogP contribution is 2.15. The number of aromatic carboxylic acids is 2. The molecule has 0 heterocycles. The van der Waals surface area contributed by atoms with Crippen molar-refractivity contribution in [1.29, 1.82) is 0 Å². The van der Waals surface area contributed by atoms with Gasteiger partial charge in [0.15, 0.2) is 0 Å². The Bertz CT molecular complexity index is 388. The fourth-order valence-electron chi connectivity index (χ4n) is 1.03. The smallest absolute Gasteiger partial charge is 0.336 e. The van der Waals surface area contributed by atoms with Gasteiger partial charge in [0, 0.05) is 5.33 Å². The summed E-state index contributed by atoms with van der Waals surface area (Å²) in [6.45, 7) is 4.00. The van der Waals surface area contributed by atoms with Crippen molar-refractivity contribution in [2.24, 2.45) is 0 Å². The van der Waals surface area contributed by atoms with Gasteiger partial charge in [-0.15, -0.1) is 0 Å².